The van der Waals surface area contributed by atoms with Crippen LogP contribution in [-0.2, 0) is 65.4 Å². The number of unbranched alkanes of at least 4 members (excludes halogenated alkanes) is 49. The lowest BCUT2D eigenvalue weighted by Gasteiger charge is -2.21. The van der Waals surface area contributed by atoms with Crippen LogP contribution in [0.4, 0.5) is 0 Å². The first kappa shape index (κ1) is 94.1. The van der Waals surface area contributed by atoms with Gasteiger partial charge >= 0.3 is 39.5 Å². The Hall–Kier alpha value is -1.94. The van der Waals surface area contributed by atoms with Crippen LogP contribution < -0.4 is 0 Å². The smallest absolute Gasteiger partial charge is 0.462 e. The summed E-state index contributed by atoms with van der Waals surface area (Å²) in [6.45, 7) is 7.28. The van der Waals surface area contributed by atoms with Gasteiger partial charge in [0.05, 0.1) is 26.4 Å². The van der Waals surface area contributed by atoms with Crippen molar-refractivity contribution in [2.24, 2.45) is 5.92 Å². The van der Waals surface area contributed by atoms with Gasteiger partial charge in [-0.05, 0) is 31.6 Å². The number of aliphatic hydroxyl groups excluding tert-OH is 1. The SMILES string of the molecule is CCCCCCCCCCCCCCCCCCCCCC(=O)O[C@H](COC(=O)CCCCCCCCCCCCCCCCC)COP(=O)(O)OC[C@@H](O)COP(=O)(O)OC[C@@H](COC(=O)CCCCCCCCCC)OC(=O)CCCCCCCCCCCCCC(C)C. The molecule has 0 rings (SSSR count). The molecule has 0 saturated heterocycles. The minimum Gasteiger partial charge on any atom is -0.462 e. The van der Waals surface area contributed by atoms with Crippen molar-refractivity contribution in [3.63, 3.8) is 0 Å². The van der Waals surface area contributed by atoms with Gasteiger partial charge in [0.25, 0.3) is 0 Å². The van der Waals surface area contributed by atoms with E-state index in [1.807, 2.05) is 0 Å². The Balaban J connectivity index is 5.20. The summed E-state index contributed by atoms with van der Waals surface area (Å²) in [4.78, 5) is 72.8. The molecule has 5 atom stereocenters. The fourth-order valence-electron chi connectivity index (χ4n) is 11.9. The molecule has 2 unspecified atom stereocenters. The summed E-state index contributed by atoms with van der Waals surface area (Å²) in [5.41, 5.74) is 0. The third-order valence-electron chi connectivity index (χ3n) is 18.0. The minimum atomic E-state index is -4.96. The Morgan fingerprint density at radius 1 is 0.281 bits per heavy atom. The normalized spacial score (nSPS) is 13.9. The van der Waals surface area contributed by atoms with E-state index >= 15 is 0 Å². The molecule has 0 aromatic carbocycles. The lowest BCUT2D eigenvalue weighted by Crippen LogP contribution is -2.30. The highest BCUT2D eigenvalue weighted by molar-refractivity contribution is 7.47. The molecule has 96 heavy (non-hydrogen) atoms. The van der Waals surface area contributed by atoms with Crippen LogP contribution in [0.1, 0.15) is 407 Å². The molecule has 3 N–H and O–H groups in total. The van der Waals surface area contributed by atoms with Crippen molar-refractivity contribution in [2.45, 2.75) is 425 Å². The van der Waals surface area contributed by atoms with E-state index in [2.05, 4.69) is 34.6 Å². The van der Waals surface area contributed by atoms with E-state index in [9.17, 15) is 43.2 Å². The van der Waals surface area contributed by atoms with E-state index in [1.54, 1.807) is 0 Å². The third-order valence-corrected chi connectivity index (χ3v) is 19.9. The van der Waals surface area contributed by atoms with Crippen molar-refractivity contribution < 1.29 is 80.2 Å². The molecule has 0 aromatic heterocycles. The standard InChI is InChI=1S/C77H150O17P2/c1-6-9-12-15-18-21-23-25-27-28-29-30-32-34-38-42-47-52-57-62-76(81)94-73(67-88-75(80)61-56-51-46-41-37-33-31-26-24-22-19-16-13-10-7-2)69-92-96(85,86)90-65-71(78)64-89-95(83,84)91-68-72(66-87-74(79)60-55-50-45-20-17-14-11-8-3)93-77(82)63-58-53-48-43-39-35-36-40-44-49-54-59-70(4)5/h70-73,78H,6-69H2,1-5H3,(H,83,84)(H,85,86)/t71-,72+,73+/m0/s1. The molecule has 17 nitrogen and oxygen atoms in total. The monoisotopic (exact) mass is 1410 g/mol. The highest BCUT2D eigenvalue weighted by atomic mass is 31.2. The minimum absolute atomic E-state index is 0.107. The van der Waals surface area contributed by atoms with Crippen molar-refractivity contribution in [3.05, 3.63) is 0 Å². The van der Waals surface area contributed by atoms with E-state index in [4.69, 9.17) is 37.0 Å². The molecular weight excluding hydrogens is 1260 g/mol. The summed E-state index contributed by atoms with van der Waals surface area (Å²) in [5, 5.41) is 10.6. The molecule has 0 aliphatic rings. The number of ether oxygens (including phenoxy) is 4. The van der Waals surface area contributed by atoms with Gasteiger partial charge in [-0.25, -0.2) is 9.13 Å². The number of rotatable bonds is 77. The molecule has 0 heterocycles. The Morgan fingerprint density at radius 3 is 0.708 bits per heavy atom. The van der Waals surface area contributed by atoms with Gasteiger partial charge in [0, 0.05) is 25.7 Å². The van der Waals surface area contributed by atoms with E-state index in [-0.39, 0.29) is 25.7 Å². The first-order valence-corrected chi connectivity index (χ1v) is 43.1. The maximum absolute atomic E-state index is 13.1. The van der Waals surface area contributed by atoms with Gasteiger partial charge in [0.15, 0.2) is 12.2 Å². The summed E-state index contributed by atoms with van der Waals surface area (Å²) >= 11 is 0. The van der Waals surface area contributed by atoms with Gasteiger partial charge in [-0.15, -0.1) is 0 Å². The maximum atomic E-state index is 13.1. The molecule has 0 amide bonds. The van der Waals surface area contributed by atoms with E-state index in [0.29, 0.717) is 25.7 Å². The Bertz CT molecular complexity index is 1840. The molecular formula is C77H150O17P2. The number of aliphatic hydroxyl groups is 1. The van der Waals surface area contributed by atoms with Gasteiger partial charge in [-0.3, -0.25) is 37.3 Å². The summed E-state index contributed by atoms with van der Waals surface area (Å²) in [5.74, 6) is -1.35. The third kappa shape index (κ3) is 70.5. The number of phosphoric acid groups is 2. The molecule has 0 spiro atoms. The van der Waals surface area contributed by atoms with Crippen molar-refractivity contribution in [1.29, 1.82) is 0 Å². The summed E-state index contributed by atoms with van der Waals surface area (Å²) in [6.07, 6.45) is 59.7. The van der Waals surface area contributed by atoms with Crippen LogP contribution >= 0.6 is 15.6 Å². The number of carbonyl (C=O) groups is 4. The number of phosphoric ester groups is 2. The van der Waals surface area contributed by atoms with Crippen LogP contribution in [0.5, 0.6) is 0 Å². The highest BCUT2D eigenvalue weighted by Crippen LogP contribution is 2.45. The van der Waals surface area contributed by atoms with Crippen molar-refractivity contribution >= 4 is 39.5 Å². The van der Waals surface area contributed by atoms with Crippen molar-refractivity contribution in [2.75, 3.05) is 39.6 Å². The van der Waals surface area contributed by atoms with Crippen LogP contribution in [0, 0.1) is 5.92 Å². The van der Waals surface area contributed by atoms with Crippen LogP contribution in [0.2, 0.25) is 0 Å². The largest absolute Gasteiger partial charge is 0.472 e. The van der Waals surface area contributed by atoms with Gasteiger partial charge in [0.1, 0.15) is 19.3 Å². The second-order valence-electron chi connectivity index (χ2n) is 28.2. The van der Waals surface area contributed by atoms with E-state index in [1.165, 1.54) is 225 Å². The summed E-state index contributed by atoms with van der Waals surface area (Å²) in [6, 6.07) is 0. The predicted molar refractivity (Wildman–Crippen MR) is 391 cm³/mol. The van der Waals surface area contributed by atoms with E-state index in [0.717, 1.165) is 102 Å². The number of carbonyl (C=O) groups excluding carboxylic acids is 4. The quantitative estimate of drug-likeness (QED) is 0.0222. The molecule has 19 heteroatoms. The van der Waals surface area contributed by atoms with Gasteiger partial charge in [0.2, 0.25) is 0 Å². The zero-order valence-electron chi connectivity index (χ0n) is 62.5. The second kappa shape index (κ2) is 70.1. The molecule has 0 bridgehead atoms. The first-order valence-electron chi connectivity index (χ1n) is 40.1. The second-order valence-corrected chi connectivity index (χ2v) is 31.1. The summed E-state index contributed by atoms with van der Waals surface area (Å²) < 4.78 is 68.5. The average Bonchev–Trinajstić information content (AvgIpc) is 1.25. The Kier molecular flexibility index (Phi) is 68.7. The van der Waals surface area contributed by atoms with Crippen LogP contribution in [-0.4, -0.2) is 96.7 Å². The van der Waals surface area contributed by atoms with Gasteiger partial charge in [-0.1, -0.05) is 356 Å². The van der Waals surface area contributed by atoms with Crippen molar-refractivity contribution in [3.8, 4) is 0 Å². The van der Waals surface area contributed by atoms with E-state index < -0.39 is 97.5 Å². The molecule has 0 aliphatic carbocycles. The van der Waals surface area contributed by atoms with Crippen LogP contribution in [0.15, 0.2) is 0 Å². The lowest BCUT2D eigenvalue weighted by molar-refractivity contribution is -0.161. The molecule has 0 aliphatic heterocycles. The maximum Gasteiger partial charge on any atom is 0.472 e. The Labute approximate surface area is 588 Å². The fourth-order valence-corrected chi connectivity index (χ4v) is 13.5. The molecule has 570 valence electrons. The summed E-state index contributed by atoms with van der Waals surface area (Å²) in [7, 11) is -9.91. The zero-order valence-corrected chi connectivity index (χ0v) is 64.3. The van der Waals surface area contributed by atoms with Crippen molar-refractivity contribution in [1.82, 2.24) is 0 Å². The lowest BCUT2D eigenvalue weighted by atomic mass is 10.0. The average molecular weight is 1410 g/mol. The number of esters is 4. The number of hydrogen-bond acceptors (Lipinski definition) is 15. The van der Waals surface area contributed by atoms with Crippen LogP contribution in [0.3, 0.4) is 0 Å². The molecule has 0 aromatic rings. The number of hydrogen-bond donors (Lipinski definition) is 3. The molecule has 0 saturated carbocycles. The van der Waals surface area contributed by atoms with Gasteiger partial charge < -0.3 is 33.8 Å². The Morgan fingerprint density at radius 2 is 0.479 bits per heavy atom. The first-order chi connectivity index (χ1) is 46.5. The topological polar surface area (TPSA) is 237 Å². The predicted octanol–water partition coefficient (Wildman–Crippen LogP) is 22.9. The molecule has 0 fully saturated rings. The fraction of sp³-hybridized carbons (Fsp3) is 0.948. The van der Waals surface area contributed by atoms with Crippen LogP contribution in [0.25, 0.3) is 0 Å². The highest BCUT2D eigenvalue weighted by Gasteiger charge is 2.30. The zero-order chi connectivity index (χ0) is 70.5. The van der Waals surface area contributed by atoms with Gasteiger partial charge in [-0.2, -0.15) is 0 Å². The molecule has 0 radical (unpaired) electrons.